The molecular weight excluding hydrogens is 244 g/mol. The summed E-state index contributed by atoms with van der Waals surface area (Å²) >= 11 is 5.98. The summed E-state index contributed by atoms with van der Waals surface area (Å²) in [6.07, 6.45) is 2.41. The van der Waals surface area contributed by atoms with E-state index in [0.717, 1.165) is 12.8 Å². The average Bonchev–Trinajstić information content (AvgIpc) is 2.74. The van der Waals surface area contributed by atoms with Crippen LogP contribution in [-0.4, -0.2) is 21.3 Å². The number of phenolic OH excluding ortho intramolecular Hbond substituents is 2. The van der Waals surface area contributed by atoms with E-state index < -0.39 is 17.1 Å². The molecule has 3 N–H and O–H groups in total. The van der Waals surface area contributed by atoms with E-state index in [2.05, 4.69) is 0 Å². The highest BCUT2D eigenvalue weighted by atomic mass is 35.5. The summed E-state index contributed by atoms with van der Waals surface area (Å²) in [5.41, 5.74) is -1.02. The molecule has 0 bridgehead atoms. The van der Waals surface area contributed by atoms with Gasteiger partial charge in [0, 0.05) is 10.6 Å². The van der Waals surface area contributed by atoms with E-state index in [4.69, 9.17) is 11.6 Å². The average molecular weight is 257 g/mol. The van der Waals surface area contributed by atoms with Gasteiger partial charge in [0.05, 0.1) is 5.41 Å². The number of halogens is 1. The Labute approximate surface area is 103 Å². The summed E-state index contributed by atoms with van der Waals surface area (Å²) in [6.45, 7) is 0. The van der Waals surface area contributed by atoms with E-state index >= 15 is 0 Å². The fraction of sp³-hybridized carbons (Fsp3) is 0.417. The van der Waals surface area contributed by atoms with Gasteiger partial charge in [0.25, 0.3) is 0 Å². The van der Waals surface area contributed by atoms with Gasteiger partial charge in [-0.05, 0) is 25.0 Å². The topological polar surface area (TPSA) is 77.8 Å². The normalized spacial score (nSPS) is 18.2. The molecule has 0 radical (unpaired) electrons. The van der Waals surface area contributed by atoms with Crippen molar-refractivity contribution >= 4 is 17.6 Å². The van der Waals surface area contributed by atoms with Crippen molar-refractivity contribution in [1.29, 1.82) is 0 Å². The molecule has 1 aromatic rings. The fourth-order valence-corrected chi connectivity index (χ4v) is 2.89. The molecule has 0 spiro atoms. The minimum Gasteiger partial charge on any atom is -0.504 e. The van der Waals surface area contributed by atoms with E-state index in [9.17, 15) is 20.1 Å². The second kappa shape index (κ2) is 4.11. The van der Waals surface area contributed by atoms with Gasteiger partial charge in [-0.3, -0.25) is 4.79 Å². The van der Waals surface area contributed by atoms with Crippen molar-refractivity contribution < 1.29 is 20.1 Å². The van der Waals surface area contributed by atoms with Gasteiger partial charge in [0.15, 0.2) is 11.5 Å². The summed E-state index contributed by atoms with van der Waals surface area (Å²) in [4.78, 5) is 11.5. The summed E-state index contributed by atoms with van der Waals surface area (Å²) in [6, 6.07) is 2.67. The van der Waals surface area contributed by atoms with Gasteiger partial charge in [-0.1, -0.05) is 24.4 Å². The number of aliphatic carboxylic acids is 1. The Morgan fingerprint density at radius 2 is 1.82 bits per heavy atom. The molecule has 0 saturated heterocycles. The first kappa shape index (κ1) is 12.0. The van der Waals surface area contributed by atoms with Crippen LogP contribution in [0.5, 0.6) is 11.5 Å². The number of carboxylic acid groups (broad SMARTS) is 1. The molecule has 1 aliphatic rings. The van der Waals surface area contributed by atoms with Crippen LogP contribution in [0.4, 0.5) is 0 Å². The monoisotopic (exact) mass is 256 g/mol. The van der Waals surface area contributed by atoms with Gasteiger partial charge in [-0.2, -0.15) is 0 Å². The van der Waals surface area contributed by atoms with Crippen LogP contribution >= 0.6 is 11.6 Å². The van der Waals surface area contributed by atoms with Crippen LogP contribution in [-0.2, 0) is 10.2 Å². The molecule has 0 aliphatic heterocycles. The number of aromatic hydroxyl groups is 2. The lowest BCUT2D eigenvalue weighted by atomic mass is 9.78. The van der Waals surface area contributed by atoms with Crippen LogP contribution in [0.2, 0.25) is 5.02 Å². The van der Waals surface area contributed by atoms with E-state index in [1.165, 1.54) is 12.1 Å². The maximum atomic E-state index is 11.5. The van der Waals surface area contributed by atoms with E-state index in [-0.39, 0.29) is 16.3 Å². The number of benzene rings is 1. The fourth-order valence-electron chi connectivity index (χ4n) is 2.56. The summed E-state index contributed by atoms with van der Waals surface area (Å²) in [5, 5.41) is 28.9. The number of hydrogen-bond acceptors (Lipinski definition) is 3. The predicted octanol–water partition coefficient (Wildman–Crippen LogP) is 2.65. The third-order valence-corrected chi connectivity index (χ3v) is 3.77. The molecule has 1 aliphatic carbocycles. The highest BCUT2D eigenvalue weighted by Gasteiger charge is 2.46. The first-order chi connectivity index (χ1) is 7.99. The van der Waals surface area contributed by atoms with Gasteiger partial charge >= 0.3 is 5.97 Å². The van der Waals surface area contributed by atoms with Crippen LogP contribution in [0.15, 0.2) is 12.1 Å². The number of carbonyl (C=O) groups is 1. The van der Waals surface area contributed by atoms with Gasteiger partial charge in [-0.25, -0.2) is 0 Å². The standard InChI is InChI=1S/C12H13ClO4/c13-7-3-4-8(14)10(15)9(7)12(11(16)17)5-1-2-6-12/h3-4,14-15H,1-2,5-6H2,(H,16,17). The zero-order valence-corrected chi connectivity index (χ0v) is 9.87. The Hall–Kier alpha value is -1.42. The summed E-state index contributed by atoms with van der Waals surface area (Å²) in [5.74, 6) is -1.75. The number of rotatable bonds is 2. The van der Waals surface area contributed by atoms with Gasteiger partial charge < -0.3 is 15.3 Å². The molecule has 17 heavy (non-hydrogen) atoms. The molecule has 0 aromatic heterocycles. The van der Waals surface area contributed by atoms with Crippen LogP contribution in [0.3, 0.4) is 0 Å². The zero-order chi connectivity index (χ0) is 12.6. The van der Waals surface area contributed by atoms with Crippen molar-refractivity contribution in [2.24, 2.45) is 0 Å². The lowest BCUT2D eigenvalue weighted by Crippen LogP contribution is -2.33. The first-order valence-corrected chi connectivity index (χ1v) is 5.81. The smallest absolute Gasteiger partial charge is 0.314 e. The SMILES string of the molecule is O=C(O)C1(c2c(Cl)ccc(O)c2O)CCCC1. The van der Waals surface area contributed by atoms with E-state index in [1.807, 2.05) is 0 Å². The van der Waals surface area contributed by atoms with E-state index in [1.54, 1.807) is 0 Å². The Balaban J connectivity index is 2.66. The van der Waals surface area contributed by atoms with Crippen LogP contribution in [0.25, 0.3) is 0 Å². The largest absolute Gasteiger partial charge is 0.504 e. The molecule has 1 fully saturated rings. The minimum atomic E-state index is -1.17. The van der Waals surface area contributed by atoms with Crippen molar-refractivity contribution in [2.75, 3.05) is 0 Å². The number of carboxylic acids is 1. The number of phenols is 2. The number of hydrogen-bond donors (Lipinski definition) is 3. The molecule has 1 saturated carbocycles. The van der Waals surface area contributed by atoms with Crippen molar-refractivity contribution in [3.63, 3.8) is 0 Å². The Morgan fingerprint density at radius 3 is 2.35 bits per heavy atom. The van der Waals surface area contributed by atoms with Gasteiger partial charge in [0.2, 0.25) is 0 Å². The quantitative estimate of drug-likeness (QED) is 0.711. The van der Waals surface area contributed by atoms with Gasteiger partial charge in [0.1, 0.15) is 0 Å². The molecule has 92 valence electrons. The molecule has 1 aromatic carbocycles. The molecule has 4 nitrogen and oxygen atoms in total. The maximum Gasteiger partial charge on any atom is 0.314 e. The Kier molecular flexibility index (Phi) is 2.91. The molecular formula is C12H13ClO4. The third-order valence-electron chi connectivity index (χ3n) is 3.45. The van der Waals surface area contributed by atoms with Crippen molar-refractivity contribution in [1.82, 2.24) is 0 Å². The third kappa shape index (κ3) is 1.72. The minimum absolute atomic E-state index is 0.143. The second-order valence-corrected chi connectivity index (χ2v) is 4.79. The Bertz CT molecular complexity index is 464. The molecule has 2 rings (SSSR count). The van der Waals surface area contributed by atoms with Crippen LogP contribution < -0.4 is 0 Å². The summed E-state index contributed by atoms with van der Waals surface area (Å²) < 4.78 is 0. The van der Waals surface area contributed by atoms with Crippen molar-refractivity contribution in [3.8, 4) is 11.5 Å². The molecule has 0 atom stereocenters. The molecule has 5 heteroatoms. The van der Waals surface area contributed by atoms with Crippen molar-refractivity contribution in [2.45, 2.75) is 31.1 Å². The van der Waals surface area contributed by atoms with E-state index in [0.29, 0.717) is 12.8 Å². The van der Waals surface area contributed by atoms with Crippen LogP contribution in [0, 0.1) is 0 Å². The zero-order valence-electron chi connectivity index (χ0n) is 9.11. The first-order valence-electron chi connectivity index (χ1n) is 5.43. The Morgan fingerprint density at radius 1 is 1.24 bits per heavy atom. The lowest BCUT2D eigenvalue weighted by molar-refractivity contribution is -0.143. The van der Waals surface area contributed by atoms with Crippen molar-refractivity contribution in [3.05, 3.63) is 22.7 Å². The molecule has 0 unspecified atom stereocenters. The van der Waals surface area contributed by atoms with Crippen LogP contribution in [0.1, 0.15) is 31.2 Å². The highest BCUT2D eigenvalue weighted by molar-refractivity contribution is 6.32. The lowest BCUT2D eigenvalue weighted by Gasteiger charge is -2.26. The van der Waals surface area contributed by atoms with Gasteiger partial charge in [-0.15, -0.1) is 0 Å². The summed E-state index contributed by atoms with van der Waals surface area (Å²) in [7, 11) is 0. The predicted molar refractivity (Wildman–Crippen MR) is 62.6 cm³/mol. The molecule has 0 amide bonds. The highest BCUT2D eigenvalue weighted by Crippen LogP contribution is 2.49. The second-order valence-electron chi connectivity index (χ2n) is 4.38. The molecule has 0 heterocycles. The maximum absolute atomic E-state index is 11.5.